The van der Waals surface area contributed by atoms with E-state index >= 15 is 0 Å². The van der Waals surface area contributed by atoms with Gasteiger partial charge < -0.3 is 19.9 Å². The second-order valence-electron chi connectivity index (χ2n) is 8.68. The van der Waals surface area contributed by atoms with E-state index in [1.54, 1.807) is 12.1 Å². The largest absolute Gasteiger partial charge is 0.376 e. The van der Waals surface area contributed by atoms with Gasteiger partial charge in [0.2, 0.25) is 5.91 Å². The van der Waals surface area contributed by atoms with Gasteiger partial charge in [0.15, 0.2) is 0 Å². The summed E-state index contributed by atoms with van der Waals surface area (Å²) < 4.78 is 8.48. The van der Waals surface area contributed by atoms with Crippen LogP contribution in [0.2, 0.25) is 10.0 Å². The van der Waals surface area contributed by atoms with Gasteiger partial charge in [0.05, 0.1) is 29.3 Å². The van der Waals surface area contributed by atoms with Crippen LogP contribution >= 0.6 is 23.2 Å². The topological polar surface area (TPSA) is 60.5 Å². The van der Waals surface area contributed by atoms with Crippen molar-refractivity contribution in [2.75, 3.05) is 19.7 Å². The predicted octanol–water partition coefficient (Wildman–Crippen LogP) is 5.53. The van der Waals surface area contributed by atoms with Gasteiger partial charge in [0, 0.05) is 41.3 Å². The van der Waals surface area contributed by atoms with E-state index in [0.29, 0.717) is 28.3 Å². The number of hydrogen-bond acceptors (Lipinski definition) is 3. The van der Waals surface area contributed by atoms with E-state index < -0.39 is 5.91 Å². The molecule has 1 saturated heterocycles. The van der Waals surface area contributed by atoms with Gasteiger partial charge in [0.25, 0.3) is 0 Å². The molecule has 2 N–H and O–H groups in total. The molecule has 2 heterocycles. The van der Waals surface area contributed by atoms with Crippen LogP contribution in [0.25, 0.3) is 10.9 Å². The Kier molecular flexibility index (Phi) is 7.11. The van der Waals surface area contributed by atoms with Crippen LogP contribution in [0.5, 0.6) is 0 Å². The van der Waals surface area contributed by atoms with Gasteiger partial charge in [-0.3, -0.25) is 4.79 Å². The number of halogens is 2. The highest BCUT2D eigenvalue weighted by Crippen LogP contribution is 2.35. The fraction of sp³-hybridized carbons (Fsp3) is 0.400. The second kappa shape index (κ2) is 9.84. The number of nitrogens with zero attached hydrogens (tertiary/aromatic N) is 2. The van der Waals surface area contributed by atoms with Crippen molar-refractivity contribution in [3.05, 3.63) is 69.8 Å². The Hall–Kier alpha value is -2.05. The molecule has 32 heavy (non-hydrogen) atoms. The maximum absolute atomic E-state index is 11.8. The molecular weight excluding hydrogens is 445 g/mol. The third-order valence-electron chi connectivity index (χ3n) is 6.37. The number of benzene rings is 2. The standard InChI is InChI=1S/C25H29Cl2N3O2/c1-16(2)29-11-9-18(10-12-29)32-15-24(19-5-3-4-6-21(19)26)30-14-22(27)20-8-7-17(25(28)31)13-23(20)30/h3-8,13-14,16,18,24H,9-12,15H2,1-2H3,(H2,28,31). The molecular formula is C25H29Cl2N3O2. The summed E-state index contributed by atoms with van der Waals surface area (Å²) in [6.45, 7) is 7.00. The van der Waals surface area contributed by atoms with Crippen molar-refractivity contribution in [1.82, 2.24) is 9.47 Å². The Morgan fingerprint density at radius 3 is 2.50 bits per heavy atom. The summed E-state index contributed by atoms with van der Waals surface area (Å²) in [5.74, 6) is -0.474. The fourth-order valence-corrected chi connectivity index (χ4v) is 5.00. The van der Waals surface area contributed by atoms with Crippen LogP contribution < -0.4 is 5.73 Å². The molecule has 1 amide bonds. The fourth-order valence-electron chi connectivity index (χ4n) is 4.47. The highest BCUT2D eigenvalue weighted by molar-refractivity contribution is 6.35. The minimum absolute atomic E-state index is 0.190. The molecule has 170 valence electrons. The number of fused-ring (bicyclic) bond motifs is 1. The quantitative estimate of drug-likeness (QED) is 0.490. The second-order valence-corrected chi connectivity index (χ2v) is 9.49. The first-order valence-electron chi connectivity index (χ1n) is 11.0. The van der Waals surface area contributed by atoms with Crippen LogP contribution in [0.1, 0.15) is 48.7 Å². The Morgan fingerprint density at radius 1 is 1.12 bits per heavy atom. The van der Waals surface area contributed by atoms with Crippen LogP contribution in [0, 0.1) is 0 Å². The van der Waals surface area contributed by atoms with Gasteiger partial charge in [-0.15, -0.1) is 0 Å². The van der Waals surface area contributed by atoms with E-state index in [-0.39, 0.29) is 12.1 Å². The number of hydrogen-bond donors (Lipinski definition) is 1. The number of likely N-dealkylation sites (tertiary alicyclic amines) is 1. The number of nitrogens with two attached hydrogens (primary N) is 1. The molecule has 0 radical (unpaired) electrons. The van der Waals surface area contributed by atoms with Crippen molar-refractivity contribution in [2.45, 2.75) is 44.9 Å². The zero-order valence-corrected chi connectivity index (χ0v) is 19.9. The first-order valence-corrected chi connectivity index (χ1v) is 11.8. The van der Waals surface area contributed by atoms with Crippen molar-refractivity contribution in [2.24, 2.45) is 5.73 Å². The molecule has 2 aromatic carbocycles. The number of rotatable bonds is 7. The molecule has 0 spiro atoms. The summed E-state index contributed by atoms with van der Waals surface area (Å²) in [5, 5.41) is 2.14. The van der Waals surface area contributed by atoms with Crippen LogP contribution in [-0.2, 0) is 4.74 Å². The van der Waals surface area contributed by atoms with Crippen molar-refractivity contribution in [3.8, 4) is 0 Å². The van der Waals surface area contributed by atoms with Gasteiger partial charge >= 0.3 is 0 Å². The van der Waals surface area contributed by atoms with Crippen LogP contribution in [0.15, 0.2) is 48.7 Å². The molecule has 1 unspecified atom stereocenters. The zero-order valence-electron chi connectivity index (χ0n) is 18.4. The molecule has 0 bridgehead atoms. The minimum atomic E-state index is -0.474. The molecule has 1 aliphatic heterocycles. The summed E-state index contributed by atoms with van der Waals surface area (Å²) in [7, 11) is 0. The van der Waals surface area contributed by atoms with Crippen molar-refractivity contribution < 1.29 is 9.53 Å². The lowest BCUT2D eigenvalue weighted by atomic mass is 10.0. The summed E-state index contributed by atoms with van der Waals surface area (Å²) >= 11 is 13.2. The van der Waals surface area contributed by atoms with Gasteiger partial charge in [-0.25, -0.2) is 0 Å². The van der Waals surface area contributed by atoms with Gasteiger partial charge in [0.1, 0.15) is 0 Å². The Bertz CT molecular complexity index is 1100. The van der Waals surface area contributed by atoms with Gasteiger partial charge in [-0.1, -0.05) is 47.5 Å². The average Bonchev–Trinajstić information content (AvgIpc) is 3.11. The van der Waals surface area contributed by atoms with E-state index in [9.17, 15) is 4.79 Å². The normalized spacial score (nSPS) is 16.7. The van der Waals surface area contributed by atoms with Crippen LogP contribution in [-0.4, -0.2) is 47.2 Å². The first-order chi connectivity index (χ1) is 15.3. The number of carbonyl (C=O) groups is 1. The predicted molar refractivity (Wildman–Crippen MR) is 131 cm³/mol. The molecule has 1 fully saturated rings. The van der Waals surface area contributed by atoms with Gasteiger partial charge in [-0.2, -0.15) is 0 Å². The highest BCUT2D eigenvalue weighted by atomic mass is 35.5. The molecule has 1 aliphatic rings. The zero-order chi connectivity index (χ0) is 22.8. The summed E-state index contributed by atoms with van der Waals surface area (Å²) in [6.07, 6.45) is 4.10. The molecule has 1 aromatic heterocycles. The molecule has 4 rings (SSSR count). The number of aromatic nitrogens is 1. The lowest BCUT2D eigenvalue weighted by Crippen LogP contribution is -2.41. The molecule has 3 aromatic rings. The van der Waals surface area contributed by atoms with Crippen LogP contribution in [0.4, 0.5) is 0 Å². The first kappa shape index (κ1) is 23.1. The average molecular weight is 474 g/mol. The maximum Gasteiger partial charge on any atom is 0.248 e. The van der Waals surface area contributed by atoms with E-state index in [0.717, 1.165) is 42.4 Å². The molecule has 1 atom stereocenters. The summed E-state index contributed by atoms with van der Waals surface area (Å²) in [5.41, 5.74) is 7.75. The number of amides is 1. The number of primary amides is 1. The molecule has 5 nitrogen and oxygen atoms in total. The monoisotopic (exact) mass is 473 g/mol. The molecule has 7 heteroatoms. The van der Waals surface area contributed by atoms with Crippen molar-refractivity contribution in [3.63, 3.8) is 0 Å². The minimum Gasteiger partial charge on any atom is -0.376 e. The van der Waals surface area contributed by atoms with Crippen molar-refractivity contribution in [1.29, 1.82) is 0 Å². The third kappa shape index (κ3) is 4.81. The highest BCUT2D eigenvalue weighted by Gasteiger charge is 2.25. The van der Waals surface area contributed by atoms with Gasteiger partial charge in [-0.05, 0) is 50.5 Å². The maximum atomic E-state index is 11.8. The third-order valence-corrected chi connectivity index (χ3v) is 7.01. The summed E-state index contributed by atoms with van der Waals surface area (Å²) in [4.78, 5) is 14.3. The Labute approximate surface area is 199 Å². The Balaban J connectivity index is 1.66. The summed E-state index contributed by atoms with van der Waals surface area (Å²) in [6, 6.07) is 13.5. The molecule has 0 aliphatic carbocycles. The lowest BCUT2D eigenvalue weighted by Gasteiger charge is -2.35. The molecule has 0 saturated carbocycles. The smallest absolute Gasteiger partial charge is 0.248 e. The number of piperidine rings is 1. The van der Waals surface area contributed by atoms with E-state index in [4.69, 9.17) is 33.7 Å². The SMILES string of the molecule is CC(C)N1CCC(OCC(c2ccccc2Cl)n2cc(Cl)c3ccc(C(N)=O)cc32)CC1. The number of carbonyl (C=O) groups excluding carboxylic acids is 1. The van der Waals surface area contributed by atoms with Crippen LogP contribution in [0.3, 0.4) is 0 Å². The van der Waals surface area contributed by atoms with Crippen molar-refractivity contribution >= 4 is 40.0 Å². The number of ether oxygens (including phenoxy) is 1. The van der Waals surface area contributed by atoms with E-state index in [1.165, 1.54) is 0 Å². The Morgan fingerprint density at radius 2 is 1.84 bits per heavy atom. The lowest BCUT2D eigenvalue weighted by molar-refractivity contribution is -0.00727. The van der Waals surface area contributed by atoms with E-state index in [2.05, 4.69) is 23.3 Å². The van der Waals surface area contributed by atoms with E-state index in [1.807, 2.05) is 36.5 Å².